The van der Waals surface area contributed by atoms with E-state index in [9.17, 15) is 14.0 Å². The largest absolute Gasteiger partial charge is 0.490 e. The fourth-order valence-corrected chi connectivity index (χ4v) is 5.24. The monoisotopic (exact) mass is 481 g/mol. The molecule has 1 fully saturated rings. The molecular weight excluding hydrogens is 453 g/mol. The van der Waals surface area contributed by atoms with E-state index in [0.29, 0.717) is 30.6 Å². The molecule has 2 N–H and O–H groups in total. The third-order valence-electron chi connectivity index (χ3n) is 5.36. The summed E-state index contributed by atoms with van der Waals surface area (Å²) in [6.07, 6.45) is 6.19. The van der Waals surface area contributed by atoms with Gasteiger partial charge in [0.1, 0.15) is 0 Å². The summed E-state index contributed by atoms with van der Waals surface area (Å²) in [6.45, 7) is 3.03. The SMILES string of the molecule is C[C@H]1CC[C@H](N(CCCOc2ccccc2F)C(=O)Nc2ncc(SCC(=O)O)s2)CC1. The van der Waals surface area contributed by atoms with E-state index in [0.717, 1.165) is 29.9 Å². The second-order valence-electron chi connectivity index (χ2n) is 7.84. The topological polar surface area (TPSA) is 91.8 Å². The maximum Gasteiger partial charge on any atom is 0.323 e. The number of nitrogens with zero attached hydrogens (tertiary/aromatic N) is 2. The fraction of sp³-hybridized carbons (Fsp3) is 0.500. The van der Waals surface area contributed by atoms with Crippen LogP contribution in [0.3, 0.4) is 0 Å². The highest BCUT2D eigenvalue weighted by Gasteiger charge is 2.28. The highest BCUT2D eigenvalue weighted by molar-refractivity contribution is 8.01. The average Bonchev–Trinajstić information content (AvgIpc) is 3.21. The van der Waals surface area contributed by atoms with Crippen LogP contribution in [0.15, 0.2) is 34.7 Å². The van der Waals surface area contributed by atoms with E-state index in [1.165, 1.54) is 29.2 Å². The summed E-state index contributed by atoms with van der Waals surface area (Å²) >= 11 is 2.43. The Balaban J connectivity index is 1.57. The minimum absolute atomic E-state index is 0.0516. The number of carboxylic acids is 1. The van der Waals surface area contributed by atoms with Gasteiger partial charge in [0, 0.05) is 12.6 Å². The summed E-state index contributed by atoms with van der Waals surface area (Å²) in [5, 5.41) is 12.1. The molecule has 0 aliphatic heterocycles. The number of urea groups is 1. The predicted octanol–water partition coefficient (Wildman–Crippen LogP) is 5.34. The predicted molar refractivity (Wildman–Crippen MR) is 124 cm³/mol. The van der Waals surface area contributed by atoms with Crippen LogP contribution < -0.4 is 10.1 Å². The number of halogens is 1. The number of benzene rings is 1. The molecule has 0 bridgehead atoms. The lowest BCUT2D eigenvalue weighted by Gasteiger charge is -2.36. The van der Waals surface area contributed by atoms with Gasteiger partial charge in [-0.3, -0.25) is 10.1 Å². The van der Waals surface area contributed by atoms with Gasteiger partial charge in [0.25, 0.3) is 0 Å². The molecule has 174 valence electrons. The van der Waals surface area contributed by atoms with Gasteiger partial charge in [-0.05, 0) is 50.2 Å². The lowest BCUT2D eigenvalue weighted by atomic mass is 9.86. The molecule has 2 amide bonds. The van der Waals surface area contributed by atoms with Crippen molar-refractivity contribution < 1.29 is 23.8 Å². The van der Waals surface area contributed by atoms with Gasteiger partial charge in [0.2, 0.25) is 0 Å². The first-order valence-electron chi connectivity index (χ1n) is 10.7. The summed E-state index contributed by atoms with van der Waals surface area (Å²) in [7, 11) is 0. The second kappa shape index (κ2) is 12.1. The third kappa shape index (κ3) is 7.37. The number of carbonyl (C=O) groups is 2. The Kier molecular flexibility index (Phi) is 9.16. The summed E-state index contributed by atoms with van der Waals surface area (Å²) in [6, 6.07) is 6.20. The van der Waals surface area contributed by atoms with E-state index in [-0.39, 0.29) is 23.6 Å². The standard InChI is InChI=1S/C22H28FN3O4S2/c1-15-7-9-16(10-8-15)26(11-4-12-30-18-6-3-2-5-17(18)23)22(29)25-21-24-13-20(32-21)31-14-19(27)28/h2-3,5-6,13,15-16H,4,7-12,14H2,1H3,(H,27,28)(H,24,25,29)/t15-,16-. The van der Waals surface area contributed by atoms with Crippen LogP contribution in [-0.4, -0.2) is 51.9 Å². The number of thioether (sulfide) groups is 1. The molecule has 1 aromatic carbocycles. The van der Waals surface area contributed by atoms with E-state index < -0.39 is 11.8 Å². The molecule has 1 saturated carbocycles. The lowest BCUT2D eigenvalue weighted by molar-refractivity contribution is -0.133. The van der Waals surface area contributed by atoms with Crippen molar-refractivity contribution >= 4 is 40.2 Å². The minimum Gasteiger partial charge on any atom is -0.490 e. The number of ether oxygens (including phenoxy) is 1. The van der Waals surface area contributed by atoms with Gasteiger partial charge >= 0.3 is 12.0 Å². The number of thiazole rings is 1. The maximum absolute atomic E-state index is 13.7. The highest BCUT2D eigenvalue weighted by atomic mass is 32.2. The molecule has 10 heteroatoms. The first-order chi connectivity index (χ1) is 15.4. The Labute approximate surface area is 195 Å². The van der Waals surface area contributed by atoms with E-state index in [1.54, 1.807) is 24.4 Å². The van der Waals surface area contributed by atoms with Crippen molar-refractivity contribution in [2.75, 3.05) is 24.2 Å². The molecule has 32 heavy (non-hydrogen) atoms. The van der Waals surface area contributed by atoms with Gasteiger partial charge in [-0.1, -0.05) is 30.4 Å². The quantitative estimate of drug-likeness (QED) is 0.352. The smallest absolute Gasteiger partial charge is 0.323 e. The number of aliphatic carboxylic acids is 1. The first-order valence-corrected chi connectivity index (χ1v) is 12.5. The number of rotatable bonds is 10. The number of carboxylic acid groups (broad SMARTS) is 1. The molecule has 2 aromatic rings. The van der Waals surface area contributed by atoms with Gasteiger partial charge < -0.3 is 14.7 Å². The Morgan fingerprint density at radius 1 is 1.31 bits per heavy atom. The van der Waals surface area contributed by atoms with Crippen molar-refractivity contribution in [3.05, 3.63) is 36.3 Å². The van der Waals surface area contributed by atoms with Crippen LogP contribution in [0.5, 0.6) is 5.75 Å². The normalized spacial score (nSPS) is 18.2. The molecular formula is C22H28FN3O4S2. The Morgan fingerprint density at radius 3 is 2.78 bits per heavy atom. The zero-order valence-electron chi connectivity index (χ0n) is 18.0. The van der Waals surface area contributed by atoms with E-state index in [4.69, 9.17) is 9.84 Å². The molecule has 0 unspecified atom stereocenters. The van der Waals surface area contributed by atoms with Gasteiger partial charge in [-0.2, -0.15) is 0 Å². The number of anilines is 1. The molecule has 7 nitrogen and oxygen atoms in total. The molecule has 3 rings (SSSR count). The van der Waals surface area contributed by atoms with Crippen molar-refractivity contribution in [3.63, 3.8) is 0 Å². The van der Waals surface area contributed by atoms with Crippen molar-refractivity contribution in [2.45, 2.75) is 49.3 Å². The number of carbonyl (C=O) groups excluding carboxylic acids is 1. The molecule has 1 aromatic heterocycles. The highest BCUT2D eigenvalue weighted by Crippen LogP contribution is 2.30. The number of aromatic nitrogens is 1. The number of amides is 2. The molecule has 0 radical (unpaired) electrons. The van der Waals surface area contributed by atoms with Crippen LogP contribution in [0.2, 0.25) is 0 Å². The number of para-hydroxylation sites is 1. The molecule has 1 aliphatic rings. The molecule has 1 heterocycles. The number of nitrogens with one attached hydrogen (secondary N) is 1. The van der Waals surface area contributed by atoms with Crippen LogP contribution in [-0.2, 0) is 4.79 Å². The Morgan fingerprint density at radius 2 is 2.06 bits per heavy atom. The van der Waals surface area contributed by atoms with E-state index in [2.05, 4.69) is 17.2 Å². The van der Waals surface area contributed by atoms with Crippen molar-refractivity contribution in [1.82, 2.24) is 9.88 Å². The molecule has 0 saturated heterocycles. The van der Waals surface area contributed by atoms with Gasteiger partial charge in [-0.15, -0.1) is 11.8 Å². The van der Waals surface area contributed by atoms with Crippen LogP contribution in [0.1, 0.15) is 39.0 Å². The molecule has 0 spiro atoms. The summed E-state index contributed by atoms with van der Waals surface area (Å²) in [5.41, 5.74) is 0. The van der Waals surface area contributed by atoms with Crippen LogP contribution in [0, 0.1) is 11.7 Å². The second-order valence-corrected chi connectivity index (χ2v) is 10.1. The van der Waals surface area contributed by atoms with Crippen LogP contribution >= 0.6 is 23.1 Å². The van der Waals surface area contributed by atoms with Gasteiger partial charge in [0.05, 0.1) is 22.8 Å². The fourth-order valence-electron chi connectivity index (χ4n) is 3.66. The van der Waals surface area contributed by atoms with Crippen LogP contribution in [0.25, 0.3) is 0 Å². The first kappa shape index (κ1) is 24.3. The van der Waals surface area contributed by atoms with Crippen LogP contribution in [0.4, 0.5) is 14.3 Å². The Hall–Kier alpha value is -2.33. The third-order valence-corrected chi connectivity index (χ3v) is 7.45. The van der Waals surface area contributed by atoms with Gasteiger partial charge in [0.15, 0.2) is 16.7 Å². The zero-order valence-corrected chi connectivity index (χ0v) is 19.6. The van der Waals surface area contributed by atoms with E-state index in [1.807, 2.05) is 4.90 Å². The van der Waals surface area contributed by atoms with Crippen molar-refractivity contribution in [2.24, 2.45) is 5.92 Å². The van der Waals surface area contributed by atoms with Crippen molar-refractivity contribution in [1.29, 1.82) is 0 Å². The maximum atomic E-state index is 13.7. The summed E-state index contributed by atoms with van der Waals surface area (Å²) < 4.78 is 20.0. The van der Waals surface area contributed by atoms with Crippen molar-refractivity contribution in [3.8, 4) is 5.75 Å². The minimum atomic E-state index is -0.899. The van der Waals surface area contributed by atoms with Gasteiger partial charge in [-0.25, -0.2) is 14.2 Å². The average molecular weight is 482 g/mol. The number of hydrogen-bond acceptors (Lipinski definition) is 6. The number of hydrogen-bond donors (Lipinski definition) is 2. The molecule has 1 aliphatic carbocycles. The molecule has 0 atom stereocenters. The lowest BCUT2D eigenvalue weighted by Crippen LogP contribution is -2.45. The summed E-state index contributed by atoms with van der Waals surface area (Å²) in [5.74, 6) is -0.477. The Bertz CT molecular complexity index is 903. The summed E-state index contributed by atoms with van der Waals surface area (Å²) in [4.78, 5) is 29.8. The zero-order chi connectivity index (χ0) is 22.9. The van der Waals surface area contributed by atoms with E-state index >= 15 is 0 Å².